The predicted octanol–water partition coefficient (Wildman–Crippen LogP) is 1.93. The minimum Gasteiger partial charge on any atom is -0.494 e. The lowest BCUT2D eigenvalue weighted by Gasteiger charge is -2.17. The van der Waals surface area contributed by atoms with Crippen LogP contribution in [0.2, 0.25) is 0 Å². The number of hydrogen-bond acceptors (Lipinski definition) is 4. The molecule has 5 nitrogen and oxygen atoms in total. The predicted molar refractivity (Wildman–Crippen MR) is 77.3 cm³/mol. The minimum absolute atomic E-state index is 0.00886. The van der Waals surface area contributed by atoms with E-state index in [4.69, 9.17) is 4.74 Å². The number of imidazole rings is 1. The van der Waals surface area contributed by atoms with Gasteiger partial charge in [-0.2, -0.15) is 0 Å². The molecule has 0 aliphatic heterocycles. The number of hydrogen-bond donors (Lipinski definition) is 2. The zero-order valence-electron chi connectivity index (χ0n) is 12.0. The van der Waals surface area contributed by atoms with E-state index in [9.17, 15) is 5.11 Å². The van der Waals surface area contributed by atoms with Crippen LogP contribution in [0.1, 0.15) is 23.9 Å². The molecule has 20 heavy (non-hydrogen) atoms. The third-order valence-corrected chi connectivity index (χ3v) is 3.02. The Morgan fingerprint density at radius 2 is 2.20 bits per heavy atom. The monoisotopic (exact) mass is 275 g/mol. The third kappa shape index (κ3) is 3.82. The number of aliphatic hydroxyl groups is 1. The van der Waals surface area contributed by atoms with Crippen LogP contribution in [-0.4, -0.2) is 33.6 Å². The van der Waals surface area contributed by atoms with Crippen LogP contribution in [0.4, 0.5) is 0 Å². The molecule has 0 fully saturated rings. The molecule has 0 bridgehead atoms. The van der Waals surface area contributed by atoms with Crippen LogP contribution in [0.5, 0.6) is 5.75 Å². The maximum Gasteiger partial charge on any atom is 0.124 e. The van der Waals surface area contributed by atoms with Gasteiger partial charge in [0.25, 0.3) is 0 Å². The van der Waals surface area contributed by atoms with Gasteiger partial charge < -0.3 is 14.8 Å². The highest BCUT2D eigenvalue weighted by Crippen LogP contribution is 2.21. The number of nitrogens with zero attached hydrogens (tertiary/aromatic N) is 2. The van der Waals surface area contributed by atoms with Crippen LogP contribution in [0.25, 0.3) is 0 Å². The van der Waals surface area contributed by atoms with Crippen LogP contribution in [0.3, 0.4) is 0 Å². The van der Waals surface area contributed by atoms with E-state index in [1.165, 1.54) is 0 Å². The number of H-pyrrole nitrogens is 1. The van der Waals surface area contributed by atoms with Crippen molar-refractivity contribution in [2.45, 2.75) is 26.6 Å². The lowest BCUT2D eigenvalue weighted by Crippen LogP contribution is -2.18. The SMILES string of the molecule is CCOc1ccc(CN(C)Cc2ncc[nH]2)cc1CO. The molecule has 0 aliphatic rings. The summed E-state index contributed by atoms with van der Waals surface area (Å²) in [6.45, 7) is 4.08. The Morgan fingerprint density at radius 3 is 2.85 bits per heavy atom. The summed E-state index contributed by atoms with van der Waals surface area (Å²) in [6.07, 6.45) is 3.58. The van der Waals surface area contributed by atoms with Gasteiger partial charge in [-0.3, -0.25) is 4.90 Å². The molecule has 0 unspecified atom stereocenters. The standard InChI is InChI=1S/C15H21N3O2/c1-3-20-14-5-4-12(8-13(14)11-19)9-18(2)10-15-16-6-7-17-15/h4-8,19H,3,9-11H2,1-2H3,(H,16,17). The average molecular weight is 275 g/mol. The highest BCUT2D eigenvalue weighted by Gasteiger charge is 2.07. The Balaban J connectivity index is 2.01. The molecule has 0 saturated carbocycles. The zero-order chi connectivity index (χ0) is 14.4. The minimum atomic E-state index is -0.00886. The quantitative estimate of drug-likeness (QED) is 0.810. The van der Waals surface area contributed by atoms with Crippen LogP contribution in [0.15, 0.2) is 30.6 Å². The first-order valence-corrected chi connectivity index (χ1v) is 6.75. The topological polar surface area (TPSA) is 61.4 Å². The lowest BCUT2D eigenvalue weighted by molar-refractivity contribution is 0.266. The molecular formula is C15H21N3O2. The number of rotatable bonds is 7. The van der Waals surface area contributed by atoms with E-state index in [1.807, 2.05) is 38.4 Å². The molecule has 2 N–H and O–H groups in total. The zero-order valence-corrected chi connectivity index (χ0v) is 12.0. The van der Waals surface area contributed by atoms with E-state index in [2.05, 4.69) is 14.9 Å². The smallest absolute Gasteiger partial charge is 0.124 e. The third-order valence-electron chi connectivity index (χ3n) is 3.02. The summed E-state index contributed by atoms with van der Waals surface area (Å²) in [5.74, 6) is 1.70. The average Bonchev–Trinajstić information content (AvgIpc) is 2.93. The van der Waals surface area contributed by atoms with E-state index in [0.29, 0.717) is 6.61 Å². The molecule has 0 saturated heterocycles. The second kappa shape index (κ2) is 7.07. The Kier molecular flexibility index (Phi) is 5.15. The van der Waals surface area contributed by atoms with E-state index in [1.54, 1.807) is 6.20 Å². The largest absolute Gasteiger partial charge is 0.494 e. The molecule has 1 aromatic carbocycles. The van der Waals surface area contributed by atoms with Crippen molar-refractivity contribution in [2.24, 2.45) is 0 Å². The summed E-state index contributed by atoms with van der Waals surface area (Å²) in [7, 11) is 2.04. The molecule has 108 valence electrons. The fraction of sp³-hybridized carbons (Fsp3) is 0.400. The van der Waals surface area contributed by atoms with E-state index in [0.717, 1.165) is 35.8 Å². The number of aromatic amines is 1. The maximum absolute atomic E-state index is 9.40. The normalized spacial score (nSPS) is 11.0. The second-order valence-electron chi connectivity index (χ2n) is 4.74. The molecule has 2 aromatic rings. The number of aromatic nitrogens is 2. The van der Waals surface area contributed by atoms with Gasteiger partial charge in [0, 0.05) is 24.5 Å². The number of ether oxygens (including phenoxy) is 1. The number of benzene rings is 1. The van der Waals surface area contributed by atoms with Gasteiger partial charge in [-0.1, -0.05) is 6.07 Å². The van der Waals surface area contributed by atoms with Crippen LogP contribution in [-0.2, 0) is 19.7 Å². The first-order chi connectivity index (χ1) is 9.72. The van der Waals surface area contributed by atoms with Gasteiger partial charge in [0.2, 0.25) is 0 Å². The van der Waals surface area contributed by atoms with Crippen LogP contribution in [0, 0.1) is 0 Å². The van der Waals surface area contributed by atoms with E-state index < -0.39 is 0 Å². The van der Waals surface area contributed by atoms with Gasteiger partial charge in [-0.05, 0) is 31.7 Å². The Morgan fingerprint density at radius 1 is 1.35 bits per heavy atom. The number of aliphatic hydroxyl groups excluding tert-OH is 1. The van der Waals surface area contributed by atoms with Gasteiger partial charge >= 0.3 is 0 Å². The molecule has 1 heterocycles. The van der Waals surface area contributed by atoms with E-state index in [-0.39, 0.29) is 6.61 Å². The highest BCUT2D eigenvalue weighted by molar-refractivity contribution is 5.36. The Labute approximate surface area is 119 Å². The van der Waals surface area contributed by atoms with Crippen molar-refractivity contribution in [3.05, 3.63) is 47.5 Å². The molecule has 1 aromatic heterocycles. The van der Waals surface area contributed by atoms with Crippen molar-refractivity contribution in [3.8, 4) is 5.75 Å². The summed E-state index contributed by atoms with van der Waals surface area (Å²) in [5.41, 5.74) is 1.97. The Hall–Kier alpha value is -1.85. The van der Waals surface area contributed by atoms with Gasteiger partial charge in [0.15, 0.2) is 0 Å². The molecule has 0 spiro atoms. The van der Waals surface area contributed by atoms with Gasteiger partial charge in [0.1, 0.15) is 11.6 Å². The molecular weight excluding hydrogens is 254 g/mol. The van der Waals surface area contributed by atoms with Crippen molar-refractivity contribution in [1.29, 1.82) is 0 Å². The van der Waals surface area contributed by atoms with Crippen molar-refractivity contribution < 1.29 is 9.84 Å². The summed E-state index contributed by atoms with van der Waals surface area (Å²) in [6, 6.07) is 5.94. The molecule has 0 aliphatic carbocycles. The molecule has 0 amide bonds. The highest BCUT2D eigenvalue weighted by atomic mass is 16.5. The summed E-state index contributed by atoms with van der Waals surface area (Å²) >= 11 is 0. The lowest BCUT2D eigenvalue weighted by atomic mass is 10.1. The van der Waals surface area contributed by atoms with E-state index >= 15 is 0 Å². The molecule has 0 radical (unpaired) electrons. The van der Waals surface area contributed by atoms with Crippen molar-refractivity contribution in [3.63, 3.8) is 0 Å². The summed E-state index contributed by atoms with van der Waals surface area (Å²) in [4.78, 5) is 9.46. The van der Waals surface area contributed by atoms with Crippen LogP contribution >= 0.6 is 0 Å². The molecule has 0 atom stereocenters. The molecule has 5 heteroatoms. The fourth-order valence-corrected chi connectivity index (χ4v) is 2.16. The first kappa shape index (κ1) is 14.6. The number of nitrogens with one attached hydrogen (secondary N) is 1. The van der Waals surface area contributed by atoms with Crippen LogP contribution < -0.4 is 4.74 Å². The summed E-state index contributed by atoms with van der Waals surface area (Å²) in [5, 5.41) is 9.40. The van der Waals surface area contributed by atoms with Crippen molar-refractivity contribution in [1.82, 2.24) is 14.9 Å². The summed E-state index contributed by atoms with van der Waals surface area (Å²) < 4.78 is 5.48. The maximum atomic E-state index is 9.40. The van der Waals surface area contributed by atoms with Crippen molar-refractivity contribution >= 4 is 0 Å². The first-order valence-electron chi connectivity index (χ1n) is 6.75. The van der Waals surface area contributed by atoms with Gasteiger partial charge in [0.05, 0.1) is 19.8 Å². The second-order valence-corrected chi connectivity index (χ2v) is 4.74. The van der Waals surface area contributed by atoms with Crippen molar-refractivity contribution in [2.75, 3.05) is 13.7 Å². The fourth-order valence-electron chi connectivity index (χ4n) is 2.16. The Bertz CT molecular complexity index is 526. The molecule has 2 rings (SSSR count). The van der Waals surface area contributed by atoms with Gasteiger partial charge in [-0.25, -0.2) is 4.98 Å². The van der Waals surface area contributed by atoms with Gasteiger partial charge in [-0.15, -0.1) is 0 Å².